The van der Waals surface area contributed by atoms with Gasteiger partial charge in [-0.1, -0.05) is 0 Å². The van der Waals surface area contributed by atoms with Gasteiger partial charge in [-0.2, -0.15) is 0 Å². The Hall–Kier alpha value is -1.48. The molecule has 10 heteroatoms. The fraction of sp³-hybridized carbons (Fsp3) is 0.375. The van der Waals surface area contributed by atoms with Gasteiger partial charge in [0.2, 0.25) is 0 Å². The number of sulfone groups is 1. The summed E-state index contributed by atoms with van der Waals surface area (Å²) in [6.07, 6.45) is 3.29. The number of hydrogen-bond acceptors (Lipinski definition) is 6. The zero-order valence-corrected chi connectivity index (χ0v) is 16.3. The van der Waals surface area contributed by atoms with Crippen LogP contribution in [0.3, 0.4) is 0 Å². The topological polar surface area (TPSA) is 98.0 Å². The van der Waals surface area contributed by atoms with E-state index >= 15 is 0 Å². The van der Waals surface area contributed by atoms with Crippen LogP contribution < -0.4 is 11.1 Å². The van der Waals surface area contributed by atoms with Crippen LogP contribution in [0.1, 0.15) is 24.5 Å². The third kappa shape index (κ3) is 5.51. The maximum absolute atomic E-state index is 12.9. The molecule has 0 unspecified atom stereocenters. The highest BCUT2D eigenvalue weighted by atomic mass is 35.5. The van der Waals surface area contributed by atoms with E-state index in [0.29, 0.717) is 11.7 Å². The van der Waals surface area contributed by atoms with Gasteiger partial charge in [0, 0.05) is 30.3 Å². The van der Waals surface area contributed by atoms with Crippen molar-refractivity contribution in [1.29, 1.82) is 0 Å². The largest absolute Gasteiger partial charge is 0.369 e. The fourth-order valence-electron chi connectivity index (χ4n) is 2.67. The second-order valence-electron chi connectivity index (χ2n) is 5.96. The van der Waals surface area contributed by atoms with E-state index in [1.807, 2.05) is 6.07 Å². The van der Waals surface area contributed by atoms with Crippen LogP contribution in [0, 0.1) is 5.82 Å². The van der Waals surface area contributed by atoms with E-state index in [2.05, 4.69) is 15.3 Å². The lowest BCUT2D eigenvalue weighted by Crippen LogP contribution is -2.35. The summed E-state index contributed by atoms with van der Waals surface area (Å²) in [4.78, 5) is 8.46. The van der Waals surface area contributed by atoms with Gasteiger partial charge in [0.15, 0.2) is 9.84 Å². The first kappa shape index (κ1) is 22.6. The van der Waals surface area contributed by atoms with E-state index < -0.39 is 15.7 Å². The molecule has 0 bridgehead atoms. The Bertz CT molecular complexity index is 815. The molecule has 1 aliphatic rings. The molecule has 3 rings (SSSR count). The van der Waals surface area contributed by atoms with Crippen molar-refractivity contribution in [3.05, 3.63) is 48.2 Å². The molecule has 1 aliphatic carbocycles. The molecule has 0 atom stereocenters. The summed E-state index contributed by atoms with van der Waals surface area (Å²) in [7, 11) is -3.46. The number of anilines is 1. The lowest BCUT2D eigenvalue weighted by Gasteiger charge is -2.31. The van der Waals surface area contributed by atoms with Crippen molar-refractivity contribution in [2.75, 3.05) is 17.6 Å². The maximum atomic E-state index is 12.9. The summed E-state index contributed by atoms with van der Waals surface area (Å²) < 4.78 is 37.3. The molecular formula is C16H21Cl2FN4O2S. The van der Waals surface area contributed by atoms with E-state index in [9.17, 15) is 12.8 Å². The zero-order chi connectivity index (χ0) is 17.2. The predicted molar refractivity (Wildman–Crippen MR) is 103 cm³/mol. The third-order valence-electron chi connectivity index (χ3n) is 4.13. The second-order valence-corrected chi connectivity index (χ2v) is 8.07. The van der Waals surface area contributed by atoms with Crippen molar-refractivity contribution in [3.8, 4) is 0 Å². The van der Waals surface area contributed by atoms with Crippen LogP contribution in [0.25, 0.3) is 0 Å². The van der Waals surface area contributed by atoms with Gasteiger partial charge < -0.3 is 11.1 Å². The van der Waals surface area contributed by atoms with Gasteiger partial charge >= 0.3 is 0 Å². The number of aromatic nitrogens is 2. The Balaban J connectivity index is 0.00000169. The van der Waals surface area contributed by atoms with Crippen LogP contribution in [-0.2, 0) is 9.84 Å². The smallest absolute Gasteiger partial charge is 0.180 e. The van der Waals surface area contributed by atoms with Crippen molar-refractivity contribution in [3.63, 3.8) is 0 Å². The first-order valence-corrected chi connectivity index (χ1v) is 9.39. The molecule has 1 aromatic heterocycles. The van der Waals surface area contributed by atoms with Crippen molar-refractivity contribution in [2.24, 2.45) is 5.73 Å². The van der Waals surface area contributed by atoms with Gasteiger partial charge in [-0.05, 0) is 37.1 Å². The number of nitrogens with one attached hydrogen (secondary N) is 1. The minimum atomic E-state index is -3.46. The molecule has 0 aliphatic heterocycles. The van der Waals surface area contributed by atoms with Gasteiger partial charge in [-0.3, -0.25) is 0 Å². The summed E-state index contributed by atoms with van der Waals surface area (Å²) in [6, 6.07) is 6.89. The SMILES string of the molecule is Cl.Cl.NC1CC(c2cc(NCCS(=O)(=O)c3ccc(F)cc3)ncn2)C1. The fourth-order valence-corrected chi connectivity index (χ4v) is 3.83. The molecule has 1 saturated carbocycles. The number of nitrogens with two attached hydrogens (primary N) is 1. The lowest BCUT2D eigenvalue weighted by atomic mass is 9.79. The van der Waals surface area contributed by atoms with Gasteiger partial charge in [-0.15, -0.1) is 24.8 Å². The molecule has 1 fully saturated rings. The zero-order valence-electron chi connectivity index (χ0n) is 13.8. The van der Waals surface area contributed by atoms with E-state index in [-0.39, 0.29) is 48.0 Å². The third-order valence-corrected chi connectivity index (χ3v) is 5.86. The minimum absolute atomic E-state index is 0. The average molecular weight is 423 g/mol. The molecule has 1 heterocycles. The first-order chi connectivity index (χ1) is 11.4. The van der Waals surface area contributed by atoms with Crippen molar-refractivity contribution < 1.29 is 12.8 Å². The van der Waals surface area contributed by atoms with E-state index in [4.69, 9.17) is 5.73 Å². The lowest BCUT2D eigenvalue weighted by molar-refractivity contribution is 0.345. The molecule has 26 heavy (non-hydrogen) atoms. The molecule has 6 nitrogen and oxygen atoms in total. The molecular weight excluding hydrogens is 402 g/mol. The Morgan fingerprint density at radius 2 is 1.81 bits per heavy atom. The first-order valence-electron chi connectivity index (χ1n) is 7.74. The predicted octanol–water partition coefficient (Wildman–Crippen LogP) is 2.55. The number of rotatable bonds is 6. The Morgan fingerprint density at radius 3 is 2.42 bits per heavy atom. The molecule has 144 valence electrons. The maximum Gasteiger partial charge on any atom is 0.180 e. The molecule has 1 aromatic carbocycles. The summed E-state index contributed by atoms with van der Waals surface area (Å²) >= 11 is 0. The van der Waals surface area contributed by atoms with Crippen molar-refractivity contribution >= 4 is 40.5 Å². The standard InChI is InChI=1S/C16H19FN4O2S.2ClH/c17-12-1-3-14(4-2-12)24(22,23)6-5-19-16-9-15(20-10-21-16)11-7-13(18)8-11;;/h1-4,9-11,13H,5-8,18H2,(H,19,20,21);2*1H. The van der Waals surface area contributed by atoms with E-state index in [0.717, 1.165) is 30.7 Å². The average Bonchev–Trinajstić information content (AvgIpc) is 2.52. The van der Waals surface area contributed by atoms with Gasteiger partial charge in [0.25, 0.3) is 0 Å². The van der Waals surface area contributed by atoms with Crippen LogP contribution in [-0.4, -0.2) is 36.7 Å². The molecule has 0 amide bonds. The number of benzene rings is 1. The molecule has 2 aromatic rings. The quantitative estimate of drug-likeness (QED) is 0.693. The molecule has 0 radical (unpaired) electrons. The summed E-state index contributed by atoms with van der Waals surface area (Å²) in [5, 5.41) is 3.00. The van der Waals surface area contributed by atoms with Crippen molar-refractivity contribution in [2.45, 2.75) is 29.7 Å². The van der Waals surface area contributed by atoms with Gasteiger partial charge in [-0.25, -0.2) is 22.8 Å². The summed E-state index contributed by atoms with van der Waals surface area (Å²) in [6.45, 7) is 0.209. The highest BCUT2D eigenvalue weighted by molar-refractivity contribution is 7.91. The Kier molecular flexibility index (Phi) is 8.20. The number of halogens is 3. The minimum Gasteiger partial charge on any atom is -0.369 e. The molecule has 0 spiro atoms. The normalized spacial score (nSPS) is 18.8. The molecule has 3 N–H and O–H groups in total. The number of nitrogens with zero attached hydrogens (tertiary/aromatic N) is 2. The van der Waals surface area contributed by atoms with Crippen LogP contribution in [0.2, 0.25) is 0 Å². The van der Waals surface area contributed by atoms with Crippen LogP contribution >= 0.6 is 24.8 Å². The van der Waals surface area contributed by atoms with Crippen molar-refractivity contribution in [1.82, 2.24) is 9.97 Å². The van der Waals surface area contributed by atoms with E-state index in [1.54, 1.807) is 0 Å². The van der Waals surface area contributed by atoms with Crippen LogP contribution in [0.15, 0.2) is 41.6 Å². The van der Waals surface area contributed by atoms with Gasteiger partial charge in [0.05, 0.1) is 10.6 Å². The highest BCUT2D eigenvalue weighted by Gasteiger charge is 2.28. The monoisotopic (exact) mass is 422 g/mol. The van der Waals surface area contributed by atoms with E-state index in [1.165, 1.54) is 18.5 Å². The van der Waals surface area contributed by atoms with Crippen LogP contribution in [0.5, 0.6) is 0 Å². The Morgan fingerprint density at radius 1 is 1.15 bits per heavy atom. The number of hydrogen-bond donors (Lipinski definition) is 2. The summed E-state index contributed by atoms with van der Waals surface area (Å²) in [5.41, 5.74) is 6.71. The van der Waals surface area contributed by atoms with Gasteiger partial charge in [0.1, 0.15) is 18.0 Å². The molecule has 0 saturated heterocycles. The summed E-state index contributed by atoms with van der Waals surface area (Å²) in [5.74, 6) is 0.379. The van der Waals surface area contributed by atoms with Crippen LogP contribution in [0.4, 0.5) is 10.2 Å². The Labute approximate surface area is 164 Å². The highest BCUT2D eigenvalue weighted by Crippen LogP contribution is 2.34. The second kappa shape index (κ2) is 9.45.